The van der Waals surface area contributed by atoms with E-state index in [1.165, 1.54) is 0 Å². The lowest BCUT2D eigenvalue weighted by atomic mass is 10.2. The van der Waals surface area contributed by atoms with Crippen LogP contribution < -0.4 is 10.1 Å². The van der Waals surface area contributed by atoms with Gasteiger partial charge in [-0.1, -0.05) is 37.3 Å². The van der Waals surface area contributed by atoms with Crippen LogP contribution in [0, 0.1) is 11.3 Å². The van der Waals surface area contributed by atoms with E-state index in [1.54, 1.807) is 55.5 Å². The first-order valence-corrected chi connectivity index (χ1v) is 7.81. The van der Waals surface area contributed by atoms with Gasteiger partial charge in [-0.3, -0.25) is 4.79 Å². The van der Waals surface area contributed by atoms with Crippen LogP contribution in [-0.4, -0.2) is 24.6 Å². The Morgan fingerprint density at radius 3 is 2.48 bits per heavy atom. The number of nitriles is 1. The fraction of sp³-hybridized carbons (Fsp3) is 0.211. The van der Waals surface area contributed by atoms with Gasteiger partial charge in [0.15, 0.2) is 12.7 Å². The highest BCUT2D eigenvalue weighted by atomic mass is 16.6. The van der Waals surface area contributed by atoms with Crippen LogP contribution in [0.1, 0.15) is 18.9 Å². The molecule has 0 radical (unpaired) electrons. The molecule has 0 aromatic heterocycles. The van der Waals surface area contributed by atoms with Crippen molar-refractivity contribution in [2.24, 2.45) is 0 Å². The number of carbonyl (C=O) groups excluding carboxylic acids is 2. The first-order valence-electron chi connectivity index (χ1n) is 7.81. The Balaban J connectivity index is 1.87. The molecule has 1 amide bonds. The van der Waals surface area contributed by atoms with Gasteiger partial charge in [0.2, 0.25) is 0 Å². The van der Waals surface area contributed by atoms with Gasteiger partial charge in [-0.25, -0.2) is 4.79 Å². The number of para-hydroxylation sites is 2. The predicted octanol–water partition coefficient (Wildman–Crippen LogP) is 2.90. The number of benzene rings is 2. The Kier molecular flexibility index (Phi) is 6.55. The van der Waals surface area contributed by atoms with Gasteiger partial charge in [0.05, 0.1) is 11.3 Å². The third-order valence-corrected chi connectivity index (χ3v) is 3.32. The number of anilines is 1. The van der Waals surface area contributed by atoms with E-state index in [-0.39, 0.29) is 0 Å². The zero-order valence-electron chi connectivity index (χ0n) is 13.8. The monoisotopic (exact) mass is 338 g/mol. The Hall–Kier alpha value is -3.33. The summed E-state index contributed by atoms with van der Waals surface area (Å²) in [6.07, 6.45) is -0.381. The highest BCUT2D eigenvalue weighted by molar-refractivity contribution is 5.94. The first-order chi connectivity index (χ1) is 12.1. The van der Waals surface area contributed by atoms with E-state index in [4.69, 9.17) is 14.7 Å². The Morgan fingerprint density at radius 1 is 1.12 bits per heavy atom. The van der Waals surface area contributed by atoms with Crippen LogP contribution in [0.15, 0.2) is 54.6 Å². The maximum absolute atomic E-state index is 12.1. The van der Waals surface area contributed by atoms with Gasteiger partial charge >= 0.3 is 5.97 Å². The molecule has 1 atom stereocenters. The molecule has 0 fully saturated rings. The van der Waals surface area contributed by atoms with Crippen molar-refractivity contribution < 1.29 is 19.1 Å². The smallest absolute Gasteiger partial charge is 0.347 e. The molecule has 2 aromatic carbocycles. The summed E-state index contributed by atoms with van der Waals surface area (Å²) in [5, 5.41) is 11.5. The van der Waals surface area contributed by atoms with E-state index < -0.39 is 24.6 Å². The van der Waals surface area contributed by atoms with E-state index in [9.17, 15) is 9.59 Å². The van der Waals surface area contributed by atoms with Crippen LogP contribution in [0.5, 0.6) is 5.75 Å². The van der Waals surface area contributed by atoms with E-state index >= 15 is 0 Å². The molecule has 6 nitrogen and oxygen atoms in total. The molecule has 0 saturated heterocycles. The number of rotatable bonds is 7. The van der Waals surface area contributed by atoms with Crippen molar-refractivity contribution >= 4 is 17.6 Å². The van der Waals surface area contributed by atoms with Gasteiger partial charge in [0.25, 0.3) is 5.91 Å². The fourth-order valence-electron chi connectivity index (χ4n) is 2.07. The summed E-state index contributed by atoms with van der Waals surface area (Å²) in [5.74, 6) is -0.584. The van der Waals surface area contributed by atoms with Crippen molar-refractivity contribution in [2.75, 3.05) is 11.9 Å². The maximum atomic E-state index is 12.1. The van der Waals surface area contributed by atoms with Crippen LogP contribution in [-0.2, 0) is 14.3 Å². The van der Waals surface area contributed by atoms with Crippen molar-refractivity contribution in [3.63, 3.8) is 0 Å². The third-order valence-electron chi connectivity index (χ3n) is 3.32. The number of carbonyl (C=O) groups is 2. The summed E-state index contributed by atoms with van der Waals surface area (Å²) < 4.78 is 10.6. The Labute approximate surface area is 146 Å². The second-order valence-electron chi connectivity index (χ2n) is 5.14. The molecule has 0 spiro atoms. The highest BCUT2D eigenvalue weighted by Gasteiger charge is 2.21. The SMILES string of the molecule is CC[C@@H](Oc1ccccc1)C(=O)OCC(=O)Nc1ccccc1C#N. The van der Waals surface area contributed by atoms with Gasteiger partial charge in [-0.15, -0.1) is 0 Å². The number of nitrogens with zero attached hydrogens (tertiary/aromatic N) is 1. The summed E-state index contributed by atoms with van der Waals surface area (Å²) in [6, 6.07) is 17.5. The van der Waals surface area contributed by atoms with Gasteiger partial charge in [-0.2, -0.15) is 5.26 Å². The molecular weight excluding hydrogens is 320 g/mol. The standard InChI is InChI=1S/C19H18N2O4/c1-2-17(25-15-9-4-3-5-10-15)19(23)24-13-18(22)21-16-11-7-6-8-14(16)12-20/h3-11,17H,2,13H2,1H3,(H,21,22)/t17-/m1/s1. The molecule has 6 heteroatoms. The number of hydrogen-bond acceptors (Lipinski definition) is 5. The molecule has 1 N–H and O–H groups in total. The lowest BCUT2D eigenvalue weighted by Crippen LogP contribution is -2.31. The quantitative estimate of drug-likeness (QED) is 0.784. The van der Waals surface area contributed by atoms with Crippen molar-refractivity contribution in [1.29, 1.82) is 5.26 Å². The van der Waals surface area contributed by atoms with Crippen LogP contribution in [0.2, 0.25) is 0 Å². The van der Waals surface area contributed by atoms with Gasteiger partial charge < -0.3 is 14.8 Å². The van der Waals surface area contributed by atoms with Gasteiger partial charge in [0, 0.05) is 0 Å². The molecule has 128 valence electrons. The molecule has 0 saturated carbocycles. The molecule has 0 aliphatic rings. The lowest BCUT2D eigenvalue weighted by Gasteiger charge is -2.16. The zero-order chi connectivity index (χ0) is 18.1. The summed E-state index contributed by atoms with van der Waals surface area (Å²) >= 11 is 0. The van der Waals surface area contributed by atoms with E-state index in [0.717, 1.165) is 0 Å². The number of esters is 1. The minimum atomic E-state index is -0.790. The average molecular weight is 338 g/mol. The van der Waals surface area contributed by atoms with Crippen LogP contribution in [0.3, 0.4) is 0 Å². The van der Waals surface area contributed by atoms with Crippen LogP contribution >= 0.6 is 0 Å². The highest BCUT2D eigenvalue weighted by Crippen LogP contribution is 2.14. The normalized spacial score (nSPS) is 11.0. The summed E-state index contributed by atoms with van der Waals surface area (Å²) in [6.45, 7) is 1.34. The van der Waals surface area contributed by atoms with E-state index in [2.05, 4.69) is 5.32 Å². The molecule has 25 heavy (non-hydrogen) atoms. The summed E-state index contributed by atoms with van der Waals surface area (Å²) in [4.78, 5) is 24.0. The lowest BCUT2D eigenvalue weighted by molar-refractivity contribution is -0.154. The molecule has 0 heterocycles. The maximum Gasteiger partial charge on any atom is 0.347 e. The number of ether oxygens (including phenoxy) is 2. The predicted molar refractivity (Wildman–Crippen MR) is 91.9 cm³/mol. The fourth-order valence-corrected chi connectivity index (χ4v) is 2.07. The second kappa shape index (κ2) is 9.08. The summed E-state index contributed by atoms with van der Waals surface area (Å²) in [5.41, 5.74) is 0.708. The van der Waals surface area contributed by atoms with Crippen LogP contribution in [0.25, 0.3) is 0 Å². The minimum absolute atomic E-state index is 0.334. The second-order valence-corrected chi connectivity index (χ2v) is 5.14. The largest absolute Gasteiger partial charge is 0.479 e. The minimum Gasteiger partial charge on any atom is -0.479 e. The molecule has 2 rings (SSSR count). The molecule has 2 aromatic rings. The molecule has 0 bridgehead atoms. The van der Waals surface area contributed by atoms with Crippen molar-refractivity contribution in [3.8, 4) is 11.8 Å². The number of hydrogen-bond donors (Lipinski definition) is 1. The van der Waals surface area contributed by atoms with Gasteiger partial charge in [-0.05, 0) is 30.7 Å². The van der Waals surface area contributed by atoms with Crippen LogP contribution in [0.4, 0.5) is 5.69 Å². The van der Waals surface area contributed by atoms with Gasteiger partial charge in [0.1, 0.15) is 11.8 Å². The number of nitrogens with one attached hydrogen (secondary N) is 1. The average Bonchev–Trinajstić information content (AvgIpc) is 2.65. The molecule has 0 aliphatic carbocycles. The Bertz CT molecular complexity index is 768. The van der Waals surface area contributed by atoms with Crippen molar-refractivity contribution in [3.05, 3.63) is 60.2 Å². The third kappa shape index (κ3) is 5.36. The summed E-state index contributed by atoms with van der Waals surface area (Å²) in [7, 11) is 0. The Morgan fingerprint density at radius 2 is 1.80 bits per heavy atom. The van der Waals surface area contributed by atoms with E-state index in [1.807, 2.05) is 12.1 Å². The molecular formula is C19H18N2O4. The molecule has 0 aliphatic heterocycles. The van der Waals surface area contributed by atoms with E-state index in [0.29, 0.717) is 23.4 Å². The number of amides is 1. The zero-order valence-corrected chi connectivity index (χ0v) is 13.8. The first kappa shape index (κ1) is 18.0. The van der Waals surface area contributed by atoms with Crippen molar-refractivity contribution in [1.82, 2.24) is 0 Å². The van der Waals surface area contributed by atoms with Crippen molar-refractivity contribution in [2.45, 2.75) is 19.4 Å². The molecule has 0 unspecified atom stereocenters. The topological polar surface area (TPSA) is 88.4 Å².